The number of nitrogens with one attached hydrogen (secondary N) is 1. The van der Waals surface area contributed by atoms with Crippen molar-refractivity contribution in [2.45, 2.75) is 25.4 Å². The Hall–Kier alpha value is -2.77. The summed E-state index contributed by atoms with van der Waals surface area (Å²) in [6, 6.07) is 7.64. The lowest BCUT2D eigenvalue weighted by atomic mass is 10.1. The summed E-state index contributed by atoms with van der Waals surface area (Å²) < 4.78 is 50.7. The fourth-order valence-electron chi connectivity index (χ4n) is 2.11. The minimum absolute atomic E-state index is 0.0288. The minimum atomic E-state index is -4.62. The molecule has 1 N–H and O–H groups in total. The van der Waals surface area contributed by atoms with Gasteiger partial charge < -0.3 is 5.32 Å². The Kier molecular flexibility index (Phi) is 5.84. The second kappa shape index (κ2) is 7.87. The molecular formula is C17H14F4N2O2. The van der Waals surface area contributed by atoms with Gasteiger partial charge in [-0.3, -0.25) is 14.6 Å². The molecule has 1 heterocycles. The lowest BCUT2D eigenvalue weighted by Gasteiger charge is -2.09. The van der Waals surface area contributed by atoms with Crippen LogP contribution in [0, 0.1) is 5.82 Å². The topological polar surface area (TPSA) is 59.1 Å². The molecule has 8 heteroatoms. The maximum Gasteiger partial charge on any atom is 0.433 e. The van der Waals surface area contributed by atoms with Crippen LogP contribution in [0.15, 0.2) is 42.6 Å². The van der Waals surface area contributed by atoms with Crippen molar-refractivity contribution in [3.8, 4) is 0 Å². The number of carbonyl (C=O) groups is 2. The molecule has 0 saturated heterocycles. The molecule has 0 atom stereocenters. The van der Waals surface area contributed by atoms with Gasteiger partial charge in [-0.05, 0) is 36.2 Å². The second-order valence-electron chi connectivity index (χ2n) is 5.32. The van der Waals surface area contributed by atoms with Crippen molar-refractivity contribution in [1.29, 1.82) is 0 Å². The van der Waals surface area contributed by atoms with Crippen molar-refractivity contribution in [2.24, 2.45) is 0 Å². The average molecular weight is 354 g/mol. The van der Waals surface area contributed by atoms with Crippen LogP contribution in [0.3, 0.4) is 0 Å². The largest absolute Gasteiger partial charge is 0.433 e. The fraction of sp³-hybridized carbons (Fsp3) is 0.235. The number of ketones is 1. The van der Waals surface area contributed by atoms with E-state index in [1.165, 1.54) is 24.3 Å². The van der Waals surface area contributed by atoms with E-state index in [-0.39, 0.29) is 18.5 Å². The summed E-state index contributed by atoms with van der Waals surface area (Å²) in [7, 11) is 0. The Morgan fingerprint density at radius 3 is 2.56 bits per heavy atom. The van der Waals surface area contributed by atoms with Crippen LogP contribution in [0.2, 0.25) is 0 Å². The van der Waals surface area contributed by atoms with Crippen LogP contribution in [0.1, 0.15) is 24.1 Å². The summed E-state index contributed by atoms with van der Waals surface area (Å²) >= 11 is 0. The molecule has 132 valence electrons. The van der Waals surface area contributed by atoms with Crippen LogP contribution in [0.4, 0.5) is 23.2 Å². The first-order chi connectivity index (χ1) is 11.7. The minimum Gasteiger partial charge on any atom is -0.326 e. The molecule has 0 spiro atoms. The van der Waals surface area contributed by atoms with Crippen LogP contribution >= 0.6 is 0 Å². The van der Waals surface area contributed by atoms with Gasteiger partial charge in [0.15, 0.2) is 0 Å². The van der Waals surface area contributed by atoms with E-state index in [0.717, 1.165) is 6.20 Å². The predicted molar refractivity (Wildman–Crippen MR) is 82.2 cm³/mol. The quantitative estimate of drug-likeness (QED) is 0.635. The summed E-state index contributed by atoms with van der Waals surface area (Å²) in [5.41, 5.74) is -0.606. The molecule has 1 amide bonds. The van der Waals surface area contributed by atoms with E-state index in [1.807, 2.05) is 0 Å². The van der Waals surface area contributed by atoms with Gasteiger partial charge >= 0.3 is 6.18 Å². The molecule has 0 radical (unpaired) electrons. The van der Waals surface area contributed by atoms with E-state index in [0.29, 0.717) is 11.6 Å². The first-order valence-corrected chi connectivity index (χ1v) is 7.33. The van der Waals surface area contributed by atoms with E-state index in [9.17, 15) is 27.2 Å². The van der Waals surface area contributed by atoms with Gasteiger partial charge in [-0.15, -0.1) is 0 Å². The number of alkyl halides is 3. The first-order valence-electron chi connectivity index (χ1n) is 7.33. The van der Waals surface area contributed by atoms with Crippen LogP contribution in [-0.2, 0) is 22.2 Å². The maximum absolute atomic E-state index is 13.0. The van der Waals surface area contributed by atoms with Crippen molar-refractivity contribution in [1.82, 2.24) is 4.98 Å². The number of aryl methyl sites for hydroxylation is 1. The first kappa shape index (κ1) is 18.6. The summed E-state index contributed by atoms with van der Waals surface area (Å²) in [4.78, 5) is 26.7. The smallest absolute Gasteiger partial charge is 0.326 e. The zero-order valence-corrected chi connectivity index (χ0v) is 12.9. The highest BCUT2D eigenvalue weighted by Crippen LogP contribution is 2.28. The van der Waals surface area contributed by atoms with Crippen LogP contribution in [0.25, 0.3) is 0 Å². The Morgan fingerprint density at radius 1 is 1.12 bits per heavy atom. The Labute approximate surface area is 140 Å². The standard InChI is InChI=1S/C17H14F4N2O2/c18-12-3-1-2-11(8-12)4-5-14(24)10-16(25)23-13-6-7-22-15(9-13)17(19,20)21/h1-3,6-9H,4-5,10H2,(H,22,23,25). The second-order valence-corrected chi connectivity index (χ2v) is 5.32. The lowest BCUT2D eigenvalue weighted by molar-refractivity contribution is -0.141. The van der Waals surface area contributed by atoms with Crippen molar-refractivity contribution < 1.29 is 27.2 Å². The third-order valence-corrected chi connectivity index (χ3v) is 3.27. The van der Waals surface area contributed by atoms with E-state index in [4.69, 9.17) is 0 Å². The van der Waals surface area contributed by atoms with E-state index in [1.54, 1.807) is 6.07 Å². The number of hydrogen-bond acceptors (Lipinski definition) is 3. The molecule has 2 aromatic rings. The molecule has 0 fully saturated rings. The predicted octanol–water partition coefficient (Wildman–Crippen LogP) is 3.77. The Bertz CT molecular complexity index is 775. The third kappa shape index (κ3) is 5.98. The number of halogens is 4. The number of amides is 1. The maximum atomic E-state index is 13.0. The van der Waals surface area contributed by atoms with Crippen molar-refractivity contribution >= 4 is 17.4 Å². The number of aromatic nitrogens is 1. The number of nitrogens with zero attached hydrogens (tertiary/aromatic N) is 1. The zero-order chi connectivity index (χ0) is 18.4. The highest BCUT2D eigenvalue weighted by atomic mass is 19.4. The molecule has 0 unspecified atom stereocenters. The number of anilines is 1. The van der Waals surface area contributed by atoms with Gasteiger partial charge in [0.05, 0.1) is 6.42 Å². The molecule has 1 aromatic carbocycles. The van der Waals surface area contributed by atoms with Crippen molar-refractivity contribution in [3.63, 3.8) is 0 Å². The van der Waals surface area contributed by atoms with Gasteiger partial charge in [-0.2, -0.15) is 13.2 Å². The molecule has 2 rings (SSSR count). The number of benzene rings is 1. The lowest BCUT2D eigenvalue weighted by Crippen LogP contribution is -2.17. The summed E-state index contributed by atoms with van der Waals surface area (Å²) in [6.45, 7) is 0. The highest BCUT2D eigenvalue weighted by molar-refractivity contribution is 6.04. The summed E-state index contributed by atoms with van der Waals surface area (Å²) in [5.74, 6) is -1.53. The van der Waals surface area contributed by atoms with Gasteiger partial charge in [0.2, 0.25) is 5.91 Å². The number of carbonyl (C=O) groups excluding carboxylic acids is 2. The molecule has 25 heavy (non-hydrogen) atoms. The fourth-order valence-corrected chi connectivity index (χ4v) is 2.11. The van der Waals surface area contributed by atoms with E-state index >= 15 is 0 Å². The van der Waals surface area contributed by atoms with Crippen LogP contribution in [-0.4, -0.2) is 16.7 Å². The molecule has 4 nitrogen and oxygen atoms in total. The molecule has 1 aromatic heterocycles. The SMILES string of the molecule is O=C(CCc1cccc(F)c1)CC(=O)Nc1ccnc(C(F)(F)F)c1. The van der Waals surface area contributed by atoms with Gasteiger partial charge in [0.1, 0.15) is 17.3 Å². The normalized spacial score (nSPS) is 11.2. The number of rotatable bonds is 6. The third-order valence-electron chi connectivity index (χ3n) is 3.27. The van der Waals surface area contributed by atoms with E-state index < -0.39 is 35.8 Å². The summed E-state index contributed by atoms with van der Waals surface area (Å²) in [5, 5.41) is 2.23. The Balaban J connectivity index is 1.86. The van der Waals surface area contributed by atoms with Crippen LogP contribution < -0.4 is 5.32 Å². The van der Waals surface area contributed by atoms with Gasteiger partial charge in [-0.1, -0.05) is 12.1 Å². The van der Waals surface area contributed by atoms with Gasteiger partial charge in [0, 0.05) is 18.3 Å². The van der Waals surface area contributed by atoms with Crippen molar-refractivity contribution in [3.05, 3.63) is 59.7 Å². The molecular weight excluding hydrogens is 340 g/mol. The highest BCUT2D eigenvalue weighted by Gasteiger charge is 2.32. The summed E-state index contributed by atoms with van der Waals surface area (Å²) in [6.07, 6.45) is -3.87. The Morgan fingerprint density at radius 2 is 1.88 bits per heavy atom. The van der Waals surface area contributed by atoms with Gasteiger partial charge in [0.25, 0.3) is 0 Å². The molecule has 0 aliphatic carbocycles. The number of Topliss-reactive ketones (excluding diaryl/α,β-unsaturated/α-hetero) is 1. The van der Waals surface area contributed by atoms with Gasteiger partial charge in [-0.25, -0.2) is 4.39 Å². The number of hydrogen-bond donors (Lipinski definition) is 1. The van der Waals surface area contributed by atoms with E-state index in [2.05, 4.69) is 10.3 Å². The average Bonchev–Trinajstić information content (AvgIpc) is 2.52. The molecule has 0 saturated carbocycles. The molecule has 0 aliphatic heterocycles. The monoisotopic (exact) mass is 354 g/mol. The zero-order valence-electron chi connectivity index (χ0n) is 12.9. The van der Waals surface area contributed by atoms with Crippen molar-refractivity contribution in [2.75, 3.05) is 5.32 Å². The molecule has 0 aliphatic rings. The van der Waals surface area contributed by atoms with Crippen LogP contribution in [0.5, 0.6) is 0 Å². The molecule has 0 bridgehead atoms. The number of pyridine rings is 1.